The Balaban J connectivity index is 2.42. The van der Waals surface area contributed by atoms with Crippen molar-refractivity contribution in [1.82, 2.24) is 5.20 Å². The summed E-state index contributed by atoms with van der Waals surface area (Å²) in [6.45, 7) is 3.73. The van der Waals surface area contributed by atoms with E-state index in [0.717, 1.165) is 6.26 Å². The standard InChI is InChI=1S/C18H22ClN2O6PS/c1-4-25-28(22,26-5-2)21-20-18(14-6-10-16(19)11-7-14)15-8-12-17(13-9-15)27-29(3,23)24/h6-13H,4-5H2,1-3H3,(H,21,22). The molecule has 2 rings (SSSR count). The fourth-order valence-electron chi connectivity index (χ4n) is 2.29. The Bertz CT molecular complexity index is 984. The Kier molecular flexibility index (Phi) is 8.24. The SMILES string of the molecule is CCOP(=O)(NN=C(c1ccc(Cl)cc1)c1ccc(OS(C)(=O)=O)cc1)OCC. The summed E-state index contributed by atoms with van der Waals surface area (Å²) < 4.78 is 50.5. The zero-order valence-corrected chi connectivity index (χ0v) is 18.6. The molecule has 0 amide bonds. The lowest BCUT2D eigenvalue weighted by Crippen LogP contribution is -2.14. The molecule has 0 unspecified atom stereocenters. The normalized spacial score (nSPS) is 12.6. The predicted octanol–water partition coefficient (Wildman–Crippen LogP) is 4.20. The number of hydrogen-bond acceptors (Lipinski definition) is 7. The van der Waals surface area contributed by atoms with Crippen LogP contribution < -0.4 is 9.38 Å². The maximum absolute atomic E-state index is 12.7. The summed E-state index contributed by atoms with van der Waals surface area (Å²) in [5.41, 5.74) is 1.71. The lowest BCUT2D eigenvalue weighted by Gasteiger charge is -2.17. The van der Waals surface area contributed by atoms with Crippen LogP contribution in [-0.4, -0.2) is 33.6 Å². The molecule has 0 atom stereocenters. The molecule has 8 nitrogen and oxygen atoms in total. The van der Waals surface area contributed by atoms with Crippen LogP contribution in [0.3, 0.4) is 0 Å². The van der Waals surface area contributed by atoms with Crippen molar-refractivity contribution in [3.63, 3.8) is 0 Å². The highest BCUT2D eigenvalue weighted by Crippen LogP contribution is 2.43. The molecule has 0 heterocycles. The largest absolute Gasteiger partial charge is 0.448 e. The first-order valence-electron chi connectivity index (χ1n) is 8.65. The van der Waals surface area contributed by atoms with Crippen molar-refractivity contribution in [3.05, 3.63) is 64.7 Å². The molecule has 0 aliphatic heterocycles. The van der Waals surface area contributed by atoms with E-state index in [4.69, 9.17) is 24.8 Å². The fraction of sp³-hybridized carbons (Fsp3) is 0.278. The first-order chi connectivity index (χ1) is 13.7. The summed E-state index contributed by atoms with van der Waals surface area (Å²) in [6.07, 6.45) is 0.963. The zero-order chi connectivity index (χ0) is 21.5. The average molecular weight is 461 g/mol. The topological polar surface area (TPSA) is 103 Å². The summed E-state index contributed by atoms with van der Waals surface area (Å²) in [5, 5.41) is 7.31. The lowest BCUT2D eigenvalue weighted by molar-refractivity contribution is 0.211. The molecule has 0 saturated carbocycles. The predicted molar refractivity (Wildman–Crippen MR) is 113 cm³/mol. The van der Waals surface area contributed by atoms with E-state index in [1.54, 1.807) is 50.2 Å². The number of benzene rings is 2. The van der Waals surface area contributed by atoms with Crippen molar-refractivity contribution in [2.75, 3.05) is 19.5 Å². The monoisotopic (exact) mass is 460 g/mol. The molecular formula is C18H22ClN2O6PS. The molecule has 29 heavy (non-hydrogen) atoms. The van der Waals surface area contributed by atoms with Crippen LogP contribution in [0.1, 0.15) is 25.0 Å². The molecule has 2 aromatic carbocycles. The molecule has 0 aliphatic rings. The first kappa shape index (κ1) is 23.4. The minimum atomic E-state index is -3.64. The van der Waals surface area contributed by atoms with Gasteiger partial charge in [-0.1, -0.05) is 23.7 Å². The Morgan fingerprint density at radius 2 is 1.48 bits per heavy atom. The molecule has 0 bridgehead atoms. The molecule has 0 aliphatic carbocycles. The second-order valence-electron chi connectivity index (χ2n) is 5.71. The summed E-state index contributed by atoms with van der Waals surface area (Å²) >= 11 is 5.96. The van der Waals surface area contributed by atoms with Crippen molar-refractivity contribution >= 4 is 35.2 Å². The van der Waals surface area contributed by atoms with E-state index in [9.17, 15) is 13.0 Å². The van der Waals surface area contributed by atoms with Gasteiger partial charge in [-0.3, -0.25) is 9.05 Å². The van der Waals surface area contributed by atoms with Gasteiger partial charge in [0.1, 0.15) is 5.75 Å². The van der Waals surface area contributed by atoms with Crippen molar-refractivity contribution in [2.24, 2.45) is 5.10 Å². The molecule has 0 radical (unpaired) electrons. The number of hydrazone groups is 1. The fourth-order valence-corrected chi connectivity index (χ4v) is 3.97. The maximum Gasteiger partial charge on any atom is 0.448 e. The van der Waals surface area contributed by atoms with Crippen molar-refractivity contribution < 1.29 is 26.2 Å². The minimum absolute atomic E-state index is 0.161. The summed E-state index contributed by atoms with van der Waals surface area (Å²) in [7, 11) is -7.27. The number of halogens is 1. The third kappa shape index (κ3) is 7.45. The van der Waals surface area contributed by atoms with E-state index in [2.05, 4.69) is 10.3 Å². The molecule has 0 spiro atoms. The number of hydrogen-bond donors (Lipinski definition) is 1. The number of nitrogens with one attached hydrogen (secondary N) is 1. The quantitative estimate of drug-likeness (QED) is 0.245. The van der Waals surface area contributed by atoms with Gasteiger partial charge in [0, 0.05) is 16.1 Å². The smallest absolute Gasteiger partial charge is 0.383 e. The van der Waals surface area contributed by atoms with Gasteiger partial charge >= 0.3 is 17.9 Å². The average Bonchev–Trinajstić information content (AvgIpc) is 2.64. The number of rotatable bonds is 10. The summed E-state index contributed by atoms with van der Waals surface area (Å²) in [4.78, 5) is 0. The highest BCUT2D eigenvalue weighted by molar-refractivity contribution is 7.86. The van der Waals surface area contributed by atoms with Crippen LogP contribution in [0, 0.1) is 0 Å². The van der Waals surface area contributed by atoms with E-state index in [1.165, 1.54) is 12.1 Å². The van der Waals surface area contributed by atoms with Crippen LogP contribution in [0.25, 0.3) is 0 Å². The van der Waals surface area contributed by atoms with Crippen LogP contribution >= 0.6 is 19.3 Å². The van der Waals surface area contributed by atoms with Gasteiger partial charge in [0.15, 0.2) is 0 Å². The highest BCUT2D eigenvalue weighted by Gasteiger charge is 2.23. The minimum Gasteiger partial charge on any atom is -0.383 e. The van der Waals surface area contributed by atoms with Gasteiger partial charge in [0.25, 0.3) is 0 Å². The van der Waals surface area contributed by atoms with Gasteiger partial charge in [0.2, 0.25) is 0 Å². The Hall–Kier alpha value is -1.90. The molecular weight excluding hydrogens is 439 g/mol. The van der Waals surface area contributed by atoms with Crippen molar-refractivity contribution in [3.8, 4) is 5.75 Å². The first-order valence-corrected chi connectivity index (χ1v) is 12.4. The van der Waals surface area contributed by atoms with Gasteiger partial charge in [-0.25, -0.2) is 9.76 Å². The van der Waals surface area contributed by atoms with Gasteiger partial charge in [-0.2, -0.15) is 13.5 Å². The Morgan fingerprint density at radius 1 is 1.00 bits per heavy atom. The molecule has 2 aromatic rings. The van der Waals surface area contributed by atoms with Crippen LogP contribution in [0.4, 0.5) is 0 Å². The van der Waals surface area contributed by atoms with Crippen LogP contribution in [0.5, 0.6) is 5.75 Å². The third-order valence-corrected chi connectivity index (χ3v) is 5.66. The summed E-state index contributed by atoms with van der Waals surface area (Å²) in [5.74, 6) is 0.161. The van der Waals surface area contributed by atoms with E-state index in [-0.39, 0.29) is 19.0 Å². The van der Waals surface area contributed by atoms with Crippen LogP contribution in [0.15, 0.2) is 53.6 Å². The second-order valence-corrected chi connectivity index (χ2v) is 9.43. The van der Waals surface area contributed by atoms with Crippen LogP contribution in [-0.2, 0) is 23.7 Å². The van der Waals surface area contributed by atoms with E-state index < -0.39 is 17.9 Å². The van der Waals surface area contributed by atoms with Gasteiger partial charge in [-0.05, 0) is 50.2 Å². The lowest BCUT2D eigenvalue weighted by atomic mass is 10.0. The number of nitrogens with zero attached hydrogens (tertiary/aromatic N) is 1. The summed E-state index contributed by atoms with van der Waals surface area (Å²) in [6, 6.07) is 13.1. The van der Waals surface area contributed by atoms with Gasteiger partial charge < -0.3 is 4.18 Å². The molecule has 0 aromatic heterocycles. The molecule has 1 N–H and O–H groups in total. The molecule has 0 saturated heterocycles. The highest BCUT2D eigenvalue weighted by atomic mass is 35.5. The van der Waals surface area contributed by atoms with Gasteiger partial charge in [-0.15, -0.1) is 0 Å². The second kappa shape index (κ2) is 10.2. The van der Waals surface area contributed by atoms with E-state index >= 15 is 0 Å². The molecule has 158 valence electrons. The Morgan fingerprint density at radius 3 is 1.93 bits per heavy atom. The van der Waals surface area contributed by atoms with E-state index in [1.807, 2.05) is 0 Å². The third-order valence-electron chi connectivity index (χ3n) is 3.38. The molecule has 11 heteroatoms. The van der Waals surface area contributed by atoms with Crippen molar-refractivity contribution in [2.45, 2.75) is 13.8 Å². The van der Waals surface area contributed by atoms with Crippen LogP contribution in [0.2, 0.25) is 5.02 Å². The zero-order valence-electron chi connectivity index (χ0n) is 16.2. The molecule has 0 fully saturated rings. The maximum atomic E-state index is 12.7. The van der Waals surface area contributed by atoms with E-state index in [0.29, 0.717) is 21.9 Å². The van der Waals surface area contributed by atoms with Gasteiger partial charge in [0.05, 0.1) is 25.2 Å². The Labute approximate surface area is 175 Å². The van der Waals surface area contributed by atoms with Crippen molar-refractivity contribution in [1.29, 1.82) is 0 Å².